The Morgan fingerprint density at radius 1 is 1.00 bits per heavy atom. The van der Waals surface area contributed by atoms with Crippen LogP contribution in [0.3, 0.4) is 0 Å². The molecule has 0 aliphatic carbocycles. The van der Waals surface area contributed by atoms with E-state index in [0.717, 1.165) is 5.75 Å². The molecule has 0 N–H and O–H groups in total. The van der Waals surface area contributed by atoms with Crippen LogP contribution in [0.25, 0.3) is 0 Å². The van der Waals surface area contributed by atoms with Crippen molar-refractivity contribution in [3.63, 3.8) is 0 Å². The van der Waals surface area contributed by atoms with Crippen LogP contribution >= 0.6 is 0 Å². The molecule has 0 bridgehead atoms. The van der Waals surface area contributed by atoms with Crippen LogP contribution in [-0.2, 0) is 9.47 Å². The summed E-state index contributed by atoms with van der Waals surface area (Å²) in [7, 11) is 1.67. The van der Waals surface area contributed by atoms with E-state index in [1.165, 1.54) is 5.56 Å². The van der Waals surface area contributed by atoms with Crippen LogP contribution in [0.2, 0.25) is 0 Å². The number of hydrogen-bond donors (Lipinski definition) is 0. The lowest BCUT2D eigenvalue weighted by Crippen LogP contribution is -2.37. The van der Waals surface area contributed by atoms with Gasteiger partial charge in [0.1, 0.15) is 5.75 Å². The van der Waals surface area contributed by atoms with Gasteiger partial charge >= 0.3 is 0 Å². The summed E-state index contributed by atoms with van der Waals surface area (Å²) < 4.78 is 16.7. The lowest BCUT2D eigenvalue weighted by Gasteiger charge is -2.38. The van der Waals surface area contributed by atoms with Gasteiger partial charge in [0.15, 0.2) is 6.29 Å². The van der Waals surface area contributed by atoms with Crippen molar-refractivity contribution in [2.24, 2.45) is 5.92 Å². The molecule has 94 valence electrons. The second-order valence-corrected chi connectivity index (χ2v) is 4.60. The smallest absolute Gasteiger partial charge is 0.156 e. The third-order valence-electron chi connectivity index (χ3n) is 3.41. The maximum Gasteiger partial charge on any atom is 0.156 e. The molecule has 1 aliphatic heterocycles. The standard InChI is InChI=1S/C14H20O3/c1-9-10(2)16-11(3)17-14(9)12-5-7-13(15-4)8-6-12/h5-11,14H,1-4H3/t9-,10+,11+,14+/m0/s1. The Bertz CT molecular complexity index is 360. The minimum atomic E-state index is -0.145. The van der Waals surface area contributed by atoms with Gasteiger partial charge in [-0.05, 0) is 31.5 Å². The fourth-order valence-corrected chi connectivity index (χ4v) is 2.21. The number of ether oxygens (including phenoxy) is 3. The normalized spacial score (nSPS) is 33.4. The highest BCUT2D eigenvalue weighted by molar-refractivity contribution is 5.29. The summed E-state index contributed by atoms with van der Waals surface area (Å²) in [5, 5.41) is 0. The Hall–Kier alpha value is -1.06. The lowest BCUT2D eigenvalue weighted by molar-refractivity contribution is -0.256. The van der Waals surface area contributed by atoms with E-state index in [1.807, 2.05) is 19.1 Å². The van der Waals surface area contributed by atoms with Gasteiger partial charge in [-0.1, -0.05) is 19.1 Å². The SMILES string of the molecule is COc1ccc([C@@H]2O[C@H](C)O[C@H](C)[C@@H]2C)cc1. The topological polar surface area (TPSA) is 27.7 Å². The first kappa shape index (κ1) is 12.4. The summed E-state index contributed by atoms with van der Waals surface area (Å²) in [6.07, 6.45) is 0.166. The highest BCUT2D eigenvalue weighted by atomic mass is 16.7. The van der Waals surface area contributed by atoms with Gasteiger partial charge in [-0.15, -0.1) is 0 Å². The summed E-state index contributed by atoms with van der Waals surface area (Å²) in [5.74, 6) is 1.22. The molecule has 3 nitrogen and oxygen atoms in total. The Morgan fingerprint density at radius 3 is 2.24 bits per heavy atom. The van der Waals surface area contributed by atoms with Crippen LogP contribution in [0, 0.1) is 5.92 Å². The molecule has 0 aromatic heterocycles. The predicted molar refractivity (Wildman–Crippen MR) is 66.0 cm³/mol. The van der Waals surface area contributed by atoms with Gasteiger partial charge in [-0.3, -0.25) is 0 Å². The summed E-state index contributed by atoms with van der Waals surface area (Å²) in [5.41, 5.74) is 1.18. The van der Waals surface area contributed by atoms with E-state index in [4.69, 9.17) is 14.2 Å². The van der Waals surface area contributed by atoms with E-state index in [2.05, 4.69) is 26.0 Å². The van der Waals surface area contributed by atoms with Crippen molar-refractivity contribution in [2.75, 3.05) is 7.11 Å². The molecule has 0 saturated carbocycles. The van der Waals surface area contributed by atoms with Crippen molar-refractivity contribution >= 4 is 0 Å². The van der Waals surface area contributed by atoms with E-state index in [9.17, 15) is 0 Å². The van der Waals surface area contributed by atoms with E-state index in [0.29, 0.717) is 5.92 Å². The van der Waals surface area contributed by atoms with Gasteiger partial charge in [-0.2, -0.15) is 0 Å². The highest BCUT2D eigenvalue weighted by Crippen LogP contribution is 2.36. The van der Waals surface area contributed by atoms with E-state index < -0.39 is 0 Å². The van der Waals surface area contributed by atoms with E-state index in [-0.39, 0.29) is 18.5 Å². The molecule has 0 radical (unpaired) electrons. The van der Waals surface area contributed by atoms with Crippen LogP contribution in [0.4, 0.5) is 0 Å². The van der Waals surface area contributed by atoms with Crippen molar-refractivity contribution < 1.29 is 14.2 Å². The number of hydrogen-bond acceptors (Lipinski definition) is 3. The first-order chi connectivity index (χ1) is 8.11. The molecule has 1 heterocycles. The fraction of sp³-hybridized carbons (Fsp3) is 0.571. The van der Waals surface area contributed by atoms with Crippen LogP contribution < -0.4 is 4.74 Å². The average molecular weight is 236 g/mol. The molecule has 1 aliphatic rings. The van der Waals surface area contributed by atoms with Crippen molar-refractivity contribution in [1.82, 2.24) is 0 Å². The molecular weight excluding hydrogens is 216 g/mol. The predicted octanol–water partition coefficient (Wildman–Crippen LogP) is 3.15. The number of rotatable bonds is 2. The van der Waals surface area contributed by atoms with Gasteiger partial charge < -0.3 is 14.2 Å². The minimum Gasteiger partial charge on any atom is -0.497 e. The van der Waals surface area contributed by atoms with Crippen molar-refractivity contribution in [3.8, 4) is 5.75 Å². The first-order valence-electron chi connectivity index (χ1n) is 6.06. The van der Waals surface area contributed by atoms with Crippen LogP contribution in [0.15, 0.2) is 24.3 Å². The van der Waals surface area contributed by atoms with Crippen LogP contribution in [0.5, 0.6) is 5.75 Å². The summed E-state index contributed by atoms with van der Waals surface area (Å²) in [6.45, 7) is 6.20. The zero-order chi connectivity index (χ0) is 12.4. The summed E-state index contributed by atoms with van der Waals surface area (Å²) in [6, 6.07) is 8.06. The molecule has 1 aromatic carbocycles. The minimum absolute atomic E-state index is 0.0969. The van der Waals surface area contributed by atoms with Crippen molar-refractivity contribution in [1.29, 1.82) is 0 Å². The zero-order valence-corrected chi connectivity index (χ0v) is 10.8. The maximum absolute atomic E-state index is 5.87. The molecule has 0 unspecified atom stereocenters. The molecule has 1 aromatic rings. The van der Waals surface area contributed by atoms with Gasteiger partial charge in [0.25, 0.3) is 0 Å². The van der Waals surface area contributed by atoms with Gasteiger partial charge in [0, 0.05) is 5.92 Å². The van der Waals surface area contributed by atoms with E-state index >= 15 is 0 Å². The molecule has 1 fully saturated rings. The summed E-state index contributed by atoms with van der Waals surface area (Å²) in [4.78, 5) is 0. The zero-order valence-electron chi connectivity index (χ0n) is 10.8. The highest BCUT2D eigenvalue weighted by Gasteiger charge is 2.33. The van der Waals surface area contributed by atoms with Gasteiger partial charge in [0.2, 0.25) is 0 Å². The second kappa shape index (κ2) is 5.07. The average Bonchev–Trinajstić information content (AvgIpc) is 2.34. The summed E-state index contributed by atoms with van der Waals surface area (Å²) >= 11 is 0. The molecule has 1 saturated heterocycles. The Balaban J connectivity index is 2.19. The molecule has 0 amide bonds. The Labute approximate surface area is 103 Å². The number of benzene rings is 1. The van der Waals surface area contributed by atoms with E-state index in [1.54, 1.807) is 7.11 Å². The third-order valence-corrected chi connectivity index (χ3v) is 3.41. The maximum atomic E-state index is 5.87. The quantitative estimate of drug-likeness (QED) is 0.789. The molecule has 17 heavy (non-hydrogen) atoms. The lowest BCUT2D eigenvalue weighted by atomic mass is 9.92. The van der Waals surface area contributed by atoms with Crippen molar-refractivity contribution in [3.05, 3.63) is 29.8 Å². The monoisotopic (exact) mass is 236 g/mol. The van der Waals surface area contributed by atoms with Crippen LogP contribution in [-0.4, -0.2) is 19.5 Å². The Morgan fingerprint density at radius 2 is 1.65 bits per heavy atom. The molecule has 0 spiro atoms. The first-order valence-corrected chi connectivity index (χ1v) is 6.06. The van der Waals surface area contributed by atoms with Gasteiger partial charge in [-0.25, -0.2) is 0 Å². The van der Waals surface area contributed by atoms with Crippen molar-refractivity contribution in [2.45, 2.75) is 39.3 Å². The largest absolute Gasteiger partial charge is 0.497 e. The van der Waals surface area contributed by atoms with Gasteiger partial charge in [0.05, 0.1) is 19.3 Å². The third kappa shape index (κ3) is 2.61. The number of methoxy groups -OCH3 is 1. The molecular formula is C14H20O3. The fourth-order valence-electron chi connectivity index (χ4n) is 2.21. The molecule has 3 heteroatoms. The second-order valence-electron chi connectivity index (χ2n) is 4.60. The molecule has 2 rings (SSSR count). The molecule has 4 atom stereocenters. The Kier molecular flexibility index (Phi) is 3.69. The van der Waals surface area contributed by atoms with Crippen LogP contribution in [0.1, 0.15) is 32.4 Å².